The van der Waals surface area contributed by atoms with Gasteiger partial charge < -0.3 is 10.3 Å². The lowest BCUT2D eigenvalue weighted by Crippen LogP contribution is -2.54. The molecule has 2 fully saturated rings. The molecule has 35 heavy (non-hydrogen) atoms. The van der Waals surface area contributed by atoms with Crippen LogP contribution in [0.2, 0.25) is 0 Å². The highest BCUT2D eigenvalue weighted by molar-refractivity contribution is 5.84. The molecule has 2 saturated heterocycles. The molecule has 0 bridgehead atoms. The van der Waals surface area contributed by atoms with Crippen LogP contribution in [0.15, 0.2) is 60.8 Å². The maximum absolute atomic E-state index is 13.5. The summed E-state index contributed by atoms with van der Waals surface area (Å²) in [7, 11) is 0. The molecule has 2 aromatic carbocycles. The average Bonchev–Trinajstić information content (AvgIpc) is 3.79. The van der Waals surface area contributed by atoms with E-state index in [1.807, 2.05) is 42.6 Å². The molecule has 1 amide bonds. The molecular weight excluding hydrogens is 446 g/mol. The van der Waals surface area contributed by atoms with E-state index in [0.717, 1.165) is 29.3 Å². The smallest absolute Gasteiger partial charge is 0.244 e. The molecule has 2 aliphatic heterocycles. The molecule has 2 aliphatic rings. The van der Waals surface area contributed by atoms with Crippen molar-refractivity contribution in [2.75, 3.05) is 0 Å². The molecule has 8 nitrogen and oxygen atoms in total. The third-order valence-electron chi connectivity index (χ3n) is 6.54. The Morgan fingerprint density at radius 2 is 1.63 bits per heavy atom. The van der Waals surface area contributed by atoms with Crippen LogP contribution in [0.4, 0.5) is 0 Å². The van der Waals surface area contributed by atoms with Gasteiger partial charge in [0.25, 0.3) is 0 Å². The summed E-state index contributed by atoms with van der Waals surface area (Å²) >= 11 is 0. The molecule has 3 atom stereocenters. The minimum Gasteiger partial charge on any atom is -0.361 e. The van der Waals surface area contributed by atoms with E-state index in [2.05, 4.69) is 47.7 Å². The van der Waals surface area contributed by atoms with Gasteiger partial charge in [-0.25, -0.2) is 0 Å². The standard InChI is InChI=1S/C27H33N3O5/c1-17(2)14-23(29-22(26-32-33-26)13-12-18-8-4-3-5-9-18)25(31)30-24(27-34-35-27)15-19-16-28-21-11-7-6-10-20(19)21/h3-11,16-17,22-24,26-29H,12-15H2,1-2H3,(H,30,31)/t22-,23-,24-/m0/s1. The quantitative estimate of drug-likeness (QED) is 0.254. The van der Waals surface area contributed by atoms with E-state index in [1.165, 1.54) is 5.56 Å². The molecule has 0 spiro atoms. The van der Waals surface area contributed by atoms with Crippen LogP contribution < -0.4 is 10.6 Å². The molecule has 8 heteroatoms. The molecule has 5 rings (SSSR count). The van der Waals surface area contributed by atoms with E-state index >= 15 is 0 Å². The van der Waals surface area contributed by atoms with Gasteiger partial charge in [-0.2, -0.15) is 19.6 Å². The molecule has 3 aromatic rings. The van der Waals surface area contributed by atoms with Crippen molar-refractivity contribution < 1.29 is 24.3 Å². The predicted molar refractivity (Wildman–Crippen MR) is 131 cm³/mol. The Labute approximate surface area is 205 Å². The van der Waals surface area contributed by atoms with Crippen LogP contribution in [0.25, 0.3) is 10.9 Å². The molecule has 3 heterocycles. The number of aromatic amines is 1. The van der Waals surface area contributed by atoms with E-state index in [-0.39, 0.29) is 24.3 Å². The van der Waals surface area contributed by atoms with E-state index in [4.69, 9.17) is 19.6 Å². The molecule has 0 aliphatic carbocycles. The summed E-state index contributed by atoms with van der Waals surface area (Å²) in [6.07, 6.45) is 4.15. The van der Waals surface area contributed by atoms with Gasteiger partial charge in [-0.05, 0) is 48.8 Å². The first kappa shape index (κ1) is 24.0. The minimum absolute atomic E-state index is 0.0759. The number of H-pyrrole nitrogens is 1. The summed E-state index contributed by atoms with van der Waals surface area (Å²) in [4.78, 5) is 37.3. The normalized spacial score (nSPS) is 18.5. The van der Waals surface area contributed by atoms with Crippen LogP contribution in [-0.2, 0) is 37.2 Å². The summed E-state index contributed by atoms with van der Waals surface area (Å²) in [6.45, 7) is 4.23. The van der Waals surface area contributed by atoms with Crippen LogP contribution in [0.1, 0.15) is 37.8 Å². The van der Waals surface area contributed by atoms with Crippen LogP contribution >= 0.6 is 0 Å². The van der Waals surface area contributed by atoms with E-state index in [1.54, 1.807) is 0 Å². The lowest BCUT2D eigenvalue weighted by Gasteiger charge is -2.26. The first-order chi connectivity index (χ1) is 17.1. The zero-order valence-corrected chi connectivity index (χ0v) is 20.1. The van der Waals surface area contributed by atoms with Crippen molar-refractivity contribution in [1.29, 1.82) is 0 Å². The summed E-state index contributed by atoms with van der Waals surface area (Å²) in [5, 5.41) is 7.83. The molecule has 0 unspecified atom stereocenters. The Hall–Kier alpha value is -2.75. The van der Waals surface area contributed by atoms with Crippen molar-refractivity contribution in [3.05, 3.63) is 71.9 Å². The van der Waals surface area contributed by atoms with Gasteiger partial charge in [0.2, 0.25) is 18.5 Å². The molecular formula is C27H33N3O5. The second kappa shape index (κ2) is 10.9. The Morgan fingerprint density at radius 3 is 2.34 bits per heavy atom. The molecule has 186 valence electrons. The number of benzene rings is 2. The number of amides is 1. The van der Waals surface area contributed by atoms with Crippen LogP contribution in [0, 0.1) is 5.92 Å². The van der Waals surface area contributed by atoms with Crippen molar-refractivity contribution in [2.45, 2.75) is 70.2 Å². The zero-order valence-electron chi connectivity index (χ0n) is 20.1. The third-order valence-corrected chi connectivity index (χ3v) is 6.54. The van der Waals surface area contributed by atoms with Crippen LogP contribution in [-0.4, -0.2) is 41.6 Å². The van der Waals surface area contributed by atoms with Gasteiger partial charge in [-0.3, -0.25) is 10.1 Å². The van der Waals surface area contributed by atoms with Gasteiger partial charge in [0, 0.05) is 17.1 Å². The van der Waals surface area contributed by atoms with Crippen molar-refractivity contribution in [2.24, 2.45) is 5.92 Å². The van der Waals surface area contributed by atoms with E-state index in [9.17, 15) is 4.79 Å². The largest absolute Gasteiger partial charge is 0.361 e. The second-order valence-corrected chi connectivity index (χ2v) is 9.78. The monoisotopic (exact) mass is 479 g/mol. The Kier molecular flexibility index (Phi) is 7.46. The highest BCUT2D eigenvalue weighted by atomic mass is 17.4. The number of para-hydroxylation sites is 1. The number of aryl methyl sites for hydroxylation is 1. The van der Waals surface area contributed by atoms with Gasteiger partial charge in [-0.1, -0.05) is 62.4 Å². The predicted octanol–water partition coefficient (Wildman–Crippen LogP) is 3.78. The SMILES string of the molecule is CC(C)C[C@H](N[C@@H](CCc1ccccc1)C1OO1)C(=O)N[C@@H](Cc1c[nH]c2ccccc12)C1OO1. The summed E-state index contributed by atoms with van der Waals surface area (Å²) < 4.78 is 0. The summed E-state index contributed by atoms with van der Waals surface area (Å²) in [6, 6.07) is 17.6. The lowest BCUT2D eigenvalue weighted by molar-refractivity contribution is -0.124. The van der Waals surface area contributed by atoms with Gasteiger partial charge >= 0.3 is 0 Å². The number of nitrogens with one attached hydrogen (secondary N) is 3. The van der Waals surface area contributed by atoms with Crippen LogP contribution in [0.3, 0.4) is 0 Å². The molecule has 0 saturated carbocycles. The number of rotatable bonds is 13. The Bertz CT molecular complexity index is 1110. The van der Waals surface area contributed by atoms with Crippen LogP contribution in [0.5, 0.6) is 0 Å². The van der Waals surface area contributed by atoms with E-state index < -0.39 is 12.3 Å². The van der Waals surface area contributed by atoms with Crippen molar-refractivity contribution >= 4 is 16.8 Å². The van der Waals surface area contributed by atoms with E-state index in [0.29, 0.717) is 18.8 Å². The molecule has 0 radical (unpaired) electrons. The summed E-state index contributed by atoms with van der Waals surface area (Å²) in [5.41, 5.74) is 3.42. The average molecular weight is 480 g/mol. The maximum Gasteiger partial charge on any atom is 0.244 e. The second-order valence-electron chi connectivity index (χ2n) is 9.78. The van der Waals surface area contributed by atoms with Gasteiger partial charge in [-0.15, -0.1) is 0 Å². The lowest BCUT2D eigenvalue weighted by atomic mass is 9.98. The van der Waals surface area contributed by atoms with Gasteiger partial charge in [0.15, 0.2) is 0 Å². The first-order valence-electron chi connectivity index (χ1n) is 12.4. The number of aromatic nitrogens is 1. The fraction of sp³-hybridized carbons (Fsp3) is 0.444. The third kappa shape index (κ3) is 6.48. The zero-order chi connectivity index (χ0) is 24.2. The summed E-state index contributed by atoms with van der Waals surface area (Å²) in [5.74, 6) is 0.252. The number of carbonyl (C=O) groups excluding carboxylic acids is 1. The van der Waals surface area contributed by atoms with Gasteiger partial charge in [0.1, 0.15) is 0 Å². The number of fused-ring (bicyclic) bond motifs is 1. The Balaban J connectivity index is 1.25. The van der Waals surface area contributed by atoms with Crippen molar-refractivity contribution in [3.63, 3.8) is 0 Å². The topological polar surface area (TPSA) is 107 Å². The number of hydrogen-bond acceptors (Lipinski definition) is 6. The highest BCUT2D eigenvalue weighted by Crippen LogP contribution is 2.26. The highest BCUT2D eigenvalue weighted by Gasteiger charge is 2.41. The maximum atomic E-state index is 13.5. The first-order valence-corrected chi connectivity index (χ1v) is 12.4. The number of hydrogen-bond donors (Lipinski definition) is 3. The Morgan fingerprint density at radius 1 is 0.943 bits per heavy atom. The molecule has 3 N–H and O–H groups in total. The van der Waals surface area contributed by atoms with Gasteiger partial charge in [0.05, 0.1) is 18.1 Å². The van der Waals surface area contributed by atoms with Crippen molar-refractivity contribution in [1.82, 2.24) is 15.6 Å². The number of carbonyl (C=O) groups is 1. The fourth-order valence-corrected chi connectivity index (χ4v) is 4.61. The fourth-order valence-electron chi connectivity index (χ4n) is 4.61. The molecule has 1 aromatic heterocycles. The van der Waals surface area contributed by atoms with Crippen molar-refractivity contribution in [3.8, 4) is 0 Å². The minimum atomic E-state index is -0.448.